The summed E-state index contributed by atoms with van der Waals surface area (Å²) in [7, 11) is 1.64. The summed E-state index contributed by atoms with van der Waals surface area (Å²) in [4.78, 5) is 4.48. The lowest BCUT2D eigenvalue weighted by Crippen LogP contribution is -2.34. The Bertz CT molecular complexity index is 643. The summed E-state index contributed by atoms with van der Waals surface area (Å²) in [6.45, 7) is 1.22. The highest BCUT2D eigenvalue weighted by Crippen LogP contribution is 2.24. The van der Waals surface area contributed by atoms with Crippen LogP contribution in [-0.2, 0) is 4.74 Å². The summed E-state index contributed by atoms with van der Waals surface area (Å²) in [6.07, 6.45) is 1.63. The lowest BCUT2D eigenvalue weighted by atomic mass is 10.2. The predicted molar refractivity (Wildman–Crippen MR) is 95.8 cm³/mol. The molecule has 0 unspecified atom stereocenters. The molecular formula is C14H15ClN4OS2. The minimum Gasteiger partial charge on any atom is -0.383 e. The molecule has 1 aromatic heterocycles. The summed E-state index contributed by atoms with van der Waals surface area (Å²) in [5, 5.41) is 11.0. The molecule has 0 aliphatic rings. The number of aromatic nitrogens is 1. The van der Waals surface area contributed by atoms with E-state index in [2.05, 4.69) is 20.8 Å². The van der Waals surface area contributed by atoms with E-state index in [1.54, 1.807) is 24.7 Å². The van der Waals surface area contributed by atoms with Gasteiger partial charge in [0.2, 0.25) is 0 Å². The molecule has 0 saturated carbocycles. The van der Waals surface area contributed by atoms with E-state index in [1.807, 2.05) is 29.6 Å². The quantitative estimate of drug-likeness (QED) is 0.361. The van der Waals surface area contributed by atoms with Crippen LogP contribution in [0.1, 0.15) is 5.69 Å². The van der Waals surface area contributed by atoms with Crippen LogP contribution >= 0.6 is 35.2 Å². The van der Waals surface area contributed by atoms with Crippen LogP contribution in [0.2, 0.25) is 5.02 Å². The van der Waals surface area contributed by atoms with Crippen molar-refractivity contribution in [2.45, 2.75) is 0 Å². The van der Waals surface area contributed by atoms with E-state index in [-0.39, 0.29) is 0 Å². The molecule has 0 aliphatic heterocycles. The third kappa shape index (κ3) is 5.34. The van der Waals surface area contributed by atoms with E-state index < -0.39 is 0 Å². The van der Waals surface area contributed by atoms with Crippen LogP contribution in [0.25, 0.3) is 10.6 Å². The molecule has 0 amide bonds. The zero-order valence-corrected chi connectivity index (χ0v) is 14.3. The van der Waals surface area contributed by atoms with Gasteiger partial charge in [0.05, 0.1) is 18.5 Å². The maximum absolute atomic E-state index is 5.88. The lowest BCUT2D eigenvalue weighted by Gasteiger charge is -2.04. The zero-order chi connectivity index (χ0) is 15.8. The molecule has 0 fully saturated rings. The van der Waals surface area contributed by atoms with Gasteiger partial charge in [0.15, 0.2) is 5.11 Å². The number of nitrogens with zero attached hydrogens (tertiary/aromatic N) is 2. The Labute approximate surface area is 143 Å². The van der Waals surface area contributed by atoms with E-state index in [0.717, 1.165) is 16.3 Å². The van der Waals surface area contributed by atoms with Crippen molar-refractivity contribution in [3.8, 4) is 10.6 Å². The number of hydrogen-bond donors (Lipinski definition) is 2. The summed E-state index contributed by atoms with van der Waals surface area (Å²) in [6, 6.07) is 7.57. The number of methoxy groups -OCH3 is 1. The first kappa shape index (κ1) is 16.8. The van der Waals surface area contributed by atoms with Gasteiger partial charge in [-0.1, -0.05) is 23.7 Å². The average Bonchev–Trinajstić information content (AvgIpc) is 2.97. The fraction of sp³-hybridized carbons (Fsp3) is 0.214. The molecule has 0 saturated heterocycles. The van der Waals surface area contributed by atoms with Crippen LogP contribution in [0, 0.1) is 0 Å². The van der Waals surface area contributed by atoms with E-state index in [1.165, 1.54) is 0 Å². The third-order valence-electron chi connectivity index (χ3n) is 2.57. The van der Waals surface area contributed by atoms with Gasteiger partial charge in [-0.25, -0.2) is 4.98 Å². The number of thiazole rings is 1. The fourth-order valence-electron chi connectivity index (χ4n) is 1.53. The Morgan fingerprint density at radius 2 is 2.23 bits per heavy atom. The van der Waals surface area contributed by atoms with E-state index in [9.17, 15) is 0 Å². The molecule has 116 valence electrons. The monoisotopic (exact) mass is 354 g/mol. The largest absolute Gasteiger partial charge is 0.383 e. The molecule has 0 bridgehead atoms. The second-order valence-electron chi connectivity index (χ2n) is 4.20. The van der Waals surface area contributed by atoms with Gasteiger partial charge in [-0.15, -0.1) is 11.3 Å². The van der Waals surface area contributed by atoms with Crippen molar-refractivity contribution < 1.29 is 4.74 Å². The van der Waals surface area contributed by atoms with E-state index in [0.29, 0.717) is 23.3 Å². The summed E-state index contributed by atoms with van der Waals surface area (Å²) in [5.41, 5.74) is 4.52. The first-order valence-electron chi connectivity index (χ1n) is 6.46. The van der Waals surface area contributed by atoms with Crippen LogP contribution in [0.4, 0.5) is 0 Å². The second kappa shape index (κ2) is 8.79. The van der Waals surface area contributed by atoms with Crippen molar-refractivity contribution in [3.05, 3.63) is 40.4 Å². The van der Waals surface area contributed by atoms with Crippen LogP contribution in [0.15, 0.2) is 34.7 Å². The first-order chi connectivity index (χ1) is 10.7. The van der Waals surface area contributed by atoms with E-state index in [4.69, 9.17) is 28.6 Å². The van der Waals surface area contributed by atoms with Crippen LogP contribution in [0.3, 0.4) is 0 Å². The SMILES string of the molecule is COCCNC(=S)N/N=C\c1csc(-c2ccc(Cl)cc2)n1. The average molecular weight is 355 g/mol. The van der Waals surface area contributed by atoms with Crippen molar-refractivity contribution >= 4 is 46.5 Å². The maximum atomic E-state index is 5.88. The molecular weight excluding hydrogens is 340 g/mol. The Morgan fingerprint density at radius 3 is 2.95 bits per heavy atom. The molecule has 1 heterocycles. The van der Waals surface area contributed by atoms with E-state index >= 15 is 0 Å². The fourth-order valence-corrected chi connectivity index (χ4v) is 2.59. The highest BCUT2D eigenvalue weighted by Gasteiger charge is 2.03. The smallest absolute Gasteiger partial charge is 0.187 e. The number of rotatable bonds is 6. The molecule has 5 nitrogen and oxygen atoms in total. The molecule has 22 heavy (non-hydrogen) atoms. The first-order valence-corrected chi connectivity index (χ1v) is 8.13. The molecule has 8 heteroatoms. The molecule has 2 rings (SSSR count). The number of hydrazone groups is 1. The molecule has 0 atom stereocenters. The lowest BCUT2D eigenvalue weighted by molar-refractivity contribution is 0.204. The zero-order valence-electron chi connectivity index (χ0n) is 11.9. The molecule has 0 spiro atoms. The van der Waals surface area contributed by atoms with Gasteiger partial charge < -0.3 is 10.1 Å². The predicted octanol–water partition coefficient (Wildman–Crippen LogP) is 2.91. The highest BCUT2D eigenvalue weighted by molar-refractivity contribution is 7.80. The summed E-state index contributed by atoms with van der Waals surface area (Å²) < 4.78 is 4.91. The van der Waals surface area contributed by atoms with Gasteiger partial charge in [-0.3, -0.25) is 5.43 Å². The van der Waals surface area contributed by atoms with Gasteiger partial charge in [-0.05, 0) is 24.4 Å². The van der Waals surface area contributed by atoms with Gasteiger partial charge in [0.1, 0.15) is 5.01 Å². The second-order valence-corrected chi connectivity index (χ2v) is 5.91. The number of thiocarbonyl (C=S) groups is 1. The van der Waals surface area contributed by atoms with Crippen LogP contribution in [0.5, 0.6) is 0 Å². The standard InChI is InChI=1S/C14H15ClN4OS2/c1-20-7-6-16-14(21)19-17-8-12-9-22-13(18-12)10-2-4-11(15)5-3-10/h2-5,8-9H,6-7H2,1H3,(H2,16,19,21)/b17-8-. The van der Waals surface area contributed by atoms with Gasteiger partial charge >= 0.3 is 0 Å². The Balaban J connectivity index is 1.87. The number of nitrogens with one attached hydrogen (secondary N) is 2. The van der Waals surface area contributed by atoms with Crippen molar-refractivity contribution in [1.29, 1.82) is 0 Å². The van der Waals surface area contributed by atoms with Gasteiger partial charge in [0, 0.05) is 29.6 Å². The van der Waals surface area contributed by atoms with Crippen molar-refractivity contribution in [3.63, 3.8) is 0 Å². The molecule has 1 aromatic carbocycles. The third-order valence-corrected chi connectivity index (χ3v) is 3.96. The number of halogens is 1. The van der Waals surface area contributed by atoms with Crippen molar-refractivity contribution in [1.82, 2.24) is 15.7 Å². The van der Waals surface area contributed by atoms with Crippen molar-refractivity contribution in [2.24, 2.45) is 5.10 Å². The molecule has 0 aliphatic carbocycles. The van der Waals surface area contributed by atoms with Gasteiger partial charge in [0.25, 0.3) is 0 Å². The van der Waals surface area contributed by atoms with Crippen LogP contribution in [-0.4, -0.2) is 36.6 Å². The van der Waals surface area contributed by atoms with Crippen LogP contribution < -0.4 is 10.7 Å². The topological polar surface area (TPSA) is 58.5 Å². The van der Waals surface area contributed by atoms with Crippen molar-refractivity contribution in [2.75, 3.05) is 20.3 Å². The Morgan fingerprint density at radius 1 is 1.45 bits per heavy atom. The summed E-state index contributed by atoms with van der Waals surface area (Å²) in [5.74, 6) is 0. The minimum absolute atomic E-state index is 0.446. The molecule has 2 aromatic rings. The highest BCUT2D eigenvalue weighted by atomic mass is 35.5. The molecule has 0 radical (unpaired) electrons. The van der Waals surface area contributed by atoms with Gasteiger partial charge in [-0.2, -0.15) is 5.10 Å². The Hall–Kier alpha value is -1.54. The molecule has 2 N–H and O–H groups in total. The number of ether oxygens (including phenoxy) is 1. The minimum atomic E-state index is 0.446. The number of benzene rings is 1. The summed E-state index contributed by atoms with van der Waals surface area (Å²) >= 11 is 12.5. The Kier molecular flexibility index (Phi) is 6.73. The number of hydrogen-bond acceptors (Lipinski definition) is 5. The maximum Gasteiger partial charge on any atom is 0.187 e. The normalized spacial score (nSPS) is 10.8.